The van der Waals surface area contributed by atoms with Crippen LogP contribution in [0.2, 0.25) is 5.02 Å². The minimum atomic E-state index is -0.713. The predicted molar refractivity (Wildman–Crippen MR) is 66.9 cm³/mol. The summed E-state index contributed by atoms with van der Waals surface area (Å²) in [6, 6.07) is 3.87. The van der Waals surface area contributed by atoms with Gasteiger partial charge < -0.3 is 4.74 Å². The Morgan fingerprint density at radius 1 is 1.58 bits per heavy atom. The highest BCUT2D eigenvalue weighted by Crippen LogP contribution is 2.16. The lowest BCUT2D eigenvalue weighted by molar-refractivity contribution is 0.102. The third kappa shape index (κ3) is 3.19. The first-order valence-electron chi connectivity index (χ1n) is 5.41. The van der Waals surface area contributed by atoms with Crippen molar-refractivity contribution in [2.24, 2.45) is 0 Å². The van der Waals surface area contributed by atoms with E-state index in [9.17, 15) is 9.18 Å². The molecule has 2 N–H and O–H groups in total. The second-order valence-electron chi connectivity index (χ2n) is 3.48. The molecule has 1 aromatic carbocycles. The molecule has 0 aliphatic carbocycles. The molecule has 0 unspecified atom stereocenters. The zero-order valence-electron chi connectivity index (χ0n) is 9.91. The van der Waals surface area contributed by atoms with E-state index in [1.165, 1.54) is 12.1 Å². The fourth-order valence-corrected chi connectivity index (χ4v) is 1.50. The summed E-state index contributed by atoms with van der Waals surface area (Å²) in [6.07, 6.45) is 0. The number of carbonyl (C=O) groups excluding carboxylic acids is 1. The van der Waals surface area contributed by atoms with Gasteiger partial charge >= 0.3 is 6.01 Å². The first-order valence-corrected chi connectivity index (χ1v) is 5.79. The molecule has 8 heteroatoms. The number of nitrogens with one attached hydrogen (secondary N) is 2. The Hall–Kier alpha value is -2.15. The summed E-state index contributed by atoms with van der Waals surface area (Å²) in [5.41, 5.74) is -0.140. The average molecular weight is 285 g/mol. The van der Waals surface area contributed by atoms with E-state index in [0.717, 1.165) is 6.07 Å². The molecular weight excluding hydrogens is 275 g/mol. The van der Waals surface area contributed by atoms with E-state index in [2.05, 4.69) is 20.5 Å². The highest BCUT2D eigenvalue weighted by Gasteiger charge is 2.14. The molecule has 0 aliphatic heterocycles. The summed E-state index contributed by atoms with van der Waals surface area (Å²) in [6.45, 7) is 2.18. The second-order valence-corrected chi connectivity index (χ2v) is 3.91. The monoisotopic (exact) mass is 284 g/mol. The van der Waals surface area contributed by atoms with E-state index < -0.39 is 11.7 Å². The molecule has 0 bridgehead atoms. The van der Waals surface area contributed by atoms with Crippen molar-refractivity contribution in [2.45, 2.75) is 6.92 Å². The van der Waals surface area contributed by atoms with E-state index >= 15 is 0 Å². The Morgan fingerprint density at radius 2 is 2.37 bits per heavy atom. The number of halogens is 2. The van der Waals surface area contributed by atoms with E-state index in [-0.39, 0.29) is 22.5 Å². The van der Waals surface area contributed by atoms with Crippen molar-refractivity contribution >= 4 is 23.5 Å². The van der Waals surface area contributed by atoms with Crippen molar-refractivity contribution in [3.63, 3.8) is 0 Å². The largest absolute Gasteiger partial charge is 0.463 e. The van der Waals surface area contributed by atoms with E-state index in [0.29, 0.717) is 6.61 Å². The molecular formula is C11H10ClFN4O2. The first kappa shape index (κ1) is 13.3. The molecule has 2 rings (SSSR count). The Kier molecular flexibility index (Phi) is 3.96. The van der Waals surface area contributed by atoms with Crippen molar-refractivity contribution in [1.29, 1.82) is 0 Å². The smallest absolute Gasteiger partial charge is 0.337 e. The number of hydrogen-bond acceptors (Lipinski definition) is 4. The maximum Gasteiger partial charge on any atom is 0.337 e. The van der Waals surface area contributed by atoms with Crippen LogP contribution in [0.3, 0.4) is 0 Å². The maximum atomic E-state index is 13.5. The third-order valence-corrected chi connectivity index (χ3v) is 2.38. The number of amides is 1. The van der Waals surface area contributed by atoms with Gasteiger partial charge in [-0.3, -0.25) is 10.1 Å². The van der Waals surface area contributed by atoms with Crippen LogP contribution < -0.4 is 10.1 Å². The van der Waals surface area contributed by atoms with E-state index in [4.69, 9.17) is 16.3 Å². The molecule has 2 aromatic rings. The number of carbonyl (C=O) groups is 1. The minimum Gasteiger partial charge on any atom is -0.463 e. The maximum absolute atomic E-state index is 13.5. The van der Waals surface area contributed by atoms with Crippen LogP contribution in [0.15, 0.2) is 18.2 Å². The van der Waals surface area contributed by atoms with Gasteiger partial charge in [0.15, 0.2) is 0 Å². The Labute approximate surface area is 112 Å². The Balaban J connectivity index is 2.11. The van der Waals surface area contributed by atoms with Gasteiger partial charge in [-0.05, 0) is 25.1 Å². The Morgan fingerprint density at radius 3 is 3.05 bits per heavy atom. The fraction of sp³-hybridized carbons (Fsp3) is 0.182. The summed E-state index contributed by atoms with van der Waals surface area (Å²) in [4.78, 5) is 15.6. The lowest BCUT2D eigenvalue weighted by Crippen LogP contribution is -2.14. The number of nitrogens with zero attached hydrogens (tertiary/aromatic N) is 2. The number of hydrogen-bond donors (Lipinski definition) is 2. The number of aromatic amines is 1. The zero-order chi connectivity index (χ0) is 13.8. The number of benzene rings is 1. The van der Waals surface area contributed by atoms with E-state index in [1.54, 1.807) is 6.92 Å². The molecule has 0 radical (unpaired) electrons. The molecule has 100 valence electrons. The molecule has 1 heterocycles. The topological polar surface area (TPSA) is 79.9 Å². The lowest BCUT2D eigenvalue weighted by Gasteiger charge is -2.02. The van der Waals surface area contributed by atoms with Crippen molar-refractivity contribution < 1.29 is 13.9 Å². The van der Waals surface area contributed by atoms with Gasteiger partial charge in [0.1, 0.15) is 5.82 Å². The molecule has 0 spiro atoms. The van der Waals surface area contributed by atoms with Crippen LogP contribution in [0, 0.1) is 5.82 Å². The van der Waals surface area contributed by atoms with Crippen molar-refractivity contribution in [2.75, 3.05) is 11.9 Å². The summed E-state index contributed by atoms with van der Waals surface area (Å²) in [7, 11) is 0. The summed E-state index contributed by atoms with van der Waals surface area (Å²) in [5.74, 6) is -1.30. The molecule has 0 aliphatic rings. The summed E-state index contributed by atoms with van der Waals surface area (Å²) < 4.78 is 18.5. The molecule has 19 heavy (non-hydrogen) atoms. The first-order chi connectivity index (χ1) is 9.10. The normalized spacial score (nSPS) is 10.3. The molecule has 0 fully saturated rings. The number of aromatic nitrogens is 3. The average Bonchev–Trinajstić information content (AvgIpc) is 2.76. The molecule has 0 atom stereocenters. The molecule has 0 saturated heterocycles. The standard InChI is InChI=1S/C11H10ClFN4O2/c1-2-19-11-15-10(16-17-11)14-9(18)7-4-3-6(12)5-8(7)13/h3-5H,2H2,1H3,(H2,14,15,16,17,18). The SMILES string of the molecule is CCOc1n[nH]c(NC(=O)c2ccc(Cl)cc2F)n1. The third-order valence-electron chi connectivity index (χ3n) is 2.15. The van der Waals surface area contributed by atoms with Crippen LogP contribution >= 0.6 is 11.6 Å². The number of ether oxygens (including phenoxy) is 1. The number of H-pyrrole nitrogens is 1. The van der Waals surface area contributed by atoms with Crippen LogP contribution in [0.1, 0.15) is 17.3 Å². The fourth-order valence-electron chi connectivity index (χ4n) is 1.34. The molecule has 6 nitrogen and oxygen atoms in total. The van der Waals surface area contributed by atoms with Crippen molar-refractivity contribution in [1.82, 2.24) is 15.2 Å². The van der Waals surface area contributed by atoms with E-state index in [1.807, 2.05) is 0 Å². The minimum absolute atomic E-state index is 0.0720. The highest BCUT2D eigenvalue weighted by molar-refractivity contribution is 6.30. The van der Waals surface area contributed by atoms with Gasteiger partial charge in [-0.2, -0.15) is 4.98 Å². The van der Waals surface area contributed by atoms with Crippen molar-refractivity contribution in [3.8, 4) is 6.01 Å². The van der Waals surface area contributed by atoms with Gasteiger partial charge in [-0.1, -0.05) is 11.6 Å². The highest BCUT2D eigenvalue weighted by atomic mass is 35.5. The van der Waals surface area contributed by atoms with Gasteiger partial charge in [0.05, 0.1) is 12.2 Å². The number of rotatable bonds is 4. The summed E-state index contributed by atoms with van der Waals surface area (Å²) >= 11 is 5.60. The van der Waals surface area contributed by atoms with Gasteiger partial charge in [0.2, 0.25) is 5.95 Å². The molecule has 0 saturated carbocycles. The zero-order valence-corrected chi connectivity index (χ0v) is 10.7. The van der Waals surface area contributed by atoms with Crippen LogP contribution in [0.5, 0.6) is 6.01 Å². The van der Waals surface area contributed by atoms with Gasteiger partial charge in [0.25, 0.3) is 5.91 Å². The predicted octanol–water partition coefficient (Wildman–Crippen LogP) is 2.25. The van der Waals surface area contributed by atoms with Crippen LogP contribution in [0.4, 0.5) is 10.3 Å². The van der Waals surface area contributed by atoms with Crippen LogP contribution in [-0.2, 0) is 0 Å². The molecule has 1 amide bonds. The quantitative estimate of drug-likeness (QED) is 0.902. The van der Waals surface area contributed by atoms with Gasteiger partial charge in [0, 0.05) is 5.02 Å². The number of anilines is 1. The van der Waals surface area contributed by atoms with Crippen molar-refractivity contribution in [3.05, 3.63) is 34.6 Å². The summed E-state index contributed by atoms with van der Waals surface area (Å²) in [5, 5.41) is 8.74. The van der Waals surface area contributed by atoms with Gasteiger partial charge in [-0.15, -0.1) is 5.10 Å². The second kappa shape index (κ2) is 5.66. The van der Waals surface area contributed by atoms with Crippen LogP contribution in [-0.4, -0.2) is 27.7 Å². The van der Waals surface area contributed by atoms with Gasteiger partial charge in [-0.25, -0.2) is 9.49 Å². The molecule has 1 aromatic heterocycles. The van der Waals surface area contributed by atoms with Crippen LogP contribution in [0.25, 0.3) is 0 Å². The lowest BCUT2D eigenvalue weighted by atomic mass is 10.2. The Bertz CT molecular complexity index is 602.